The van der Waals surface area contributed by atoms with Crippen LogP contribution in [0, 0.1) is 12.7 Å². The minimum atomic E-state index is -0.197. The molecule has 1 aromatic heterocycles. The van der Waals surface area contributed by atoms with Crippen LogP contribution in [0.2, 0.25) is 0 Å². The number of hydrogen-bond acceptors (Lipinski definition) is 3. The first-order valence-corrected chi connectivity index (χ1v) is 7.65. The van der Waals surface area contributed by atoms with Crippen molar-refractivity contribution in [1.82, 2.24) is 5.32 Å². The van der Waals surface area contributed by atoms with E-state index in [0.717, 1.165) is 34.7 Å². The quantitative estimate of drug-likeness (QED) is 0.857. The number of nitrogens with one attached hydrogen (secondary N) is 1. The number of ether oxygens (including phenoxy) is 1. The average Bonchev–Trinajstić information content (AvgIpc) is 2.92. The number of methoxy groups -OCH3 is 1. The highest BCUT2D eigenvalue weighted by atomic mass is 32.1. The Morgan fingerprint density at radius 2 is 2.15 bits per heavy atom. The second-order valence-corrected chi connectivity index (χ2v) is 5.72. The number of aryl methyl sites for hydroxylation is 1. The molecule has 2 rings (SSSR count). The first kappa shape index (κ1) is 15.0. The van der Waals surface area contributed by atoms with Gasteiger partial charge >= 0.3 is 0 Å². The van der Waals surface area contributed by atoms with Crippen LogP contribution < -0.4 is 10.1 Å². The van der Waals surface area contributed by atoms with Crippen LogP contribution in [0.25, 0.3) is 0 Å². The molecule has 2 aromatic rings. The Labute approximate surface area is 123 Å². The Morgan fingerprint density at radius 3 is 2.80 bits per heavy atom. The van der Waals surface area contributed by atoms with E-state index in [1.807, 2.05) is 24.4 Å². The molecule has 0 aliphatic rings. The van der Waals surface area contributed by atoms with Crippen LogP contribution in [-0.4, -0.2) is 13.7 Å². The Kier molecular flexibility index (Phi) is 5.15. The van der Waals surface area contributed by atoms with Crippen molar-refractivity contribution in [1.29, 1.82) is 0 Å². The molecule has 0 aliphatic heterocycles. The second kappa shape index (κ2) is 6.86. The minimum absolute atomic E-state index is 0.0135. The van der Waals surface area contributed by atoms with E-state index in [2.05, 4.69) is 12.2 Å². The van der Waals surface area contributed by atoms with Gasteiger partial charge in [0.1, 0.15) is 11.6 Å². The maximum absolute atomic E-state index is 13.6. The Balaban J connectivity index is 2.38. The van der Waals surface area contributed by atoms with Crippen molar-refractivity contribution >= 4 is 11.3 Å². The summed E-state index contributed by atoms with van der Waals surface area (Å²) in [6.07, 6.45) is 1.04. The second-order valence-electron chi connectivity index (χ2n) is 4.78. The zero-order valence-corrected chi connectivity index (χ0v) is 12.9. The summed E-state index contributed by atoms with van der Waals surface area (Å²) in [5, 5.41) is 5.47. The smallest absolute Gasteiger partial charge is 0.129 e. The van der Waals surface area contributed by atoms with Crippen LogP contribution in [-0.2, 0) is 0 Å². The van der Waals surface area contributed by atoms with Gasteiger partial charge in [-0.25, -0.2) is 4.39 Å². The van der Waals surface area contributed by atoms with E-state index < -0.39 is 0 Å². The third-order valence-corrected chi connectivity index (χ3v) is 4.24. The predicted molar refractivity (Wildman–Crippen MR) is 82.1 cm³/mol. The molecule has 4 heteroatoms. The highest BCUT2D eigenvalue weighted by molar-refractivity contribution is 7.10. The molecule has 0 saturated carbocycles. The lowest BCUT2D eigenvalue weighted by molar-refractivity contribution is 0.416. The first-order valence-electron chi connectivity index (χ1n) is 6.77. The van der Waals surface area contributed by atoms with Crippen molar-refractivity contribution in [3.8, 4) is 5.75 Å². The third-order valence-electron chi connectivity index (χ3n) is 3.27. The van der Waals surface area contributed by atoms with Crippen molar-refractivity contribution < 1.29 is 9.13 Å². The summed E-state index contributed by atoms with van der Waals surface area (Å²) in [5.41, 5.74) is 2.08. The molecule has 1 aromatic carbocycles. The highest BCUT2D eigenvalue weighted by Crippen LogP contribution is 2.32. The topological polar surface area (TPSA) is 21.3 Å². The van der Waals surface area contributed by atoms with E-state index in [1.54, 1.807) is 24.5 Å². The zero-order valence-electron chi connectivity index (χ0n) is 12.1. The van der Waals surface area contributed by atoms with E-state index >= 15 is 0 Å². The molecular formula is C16H20FNOS. The molecule has 0 spiro atoms. The van der Waals surface area contributed by atoms with Gasteiger partial charge in [-0.1, -0.05) is 13.0 Å². The molecule has 0 amide bonds. The lowest BCUT2D eigenvalue weighted by atomic mass is 9.99. The van der Waals surface area contributed by atoms with E-state index in [1.165, 1.54) is 6.07 Å². The van der Waals surface area contributed by atoms with Gasteiger partial charge in [-0.05, 0) is 49.2 Å². The molecule has 2 nitrogen and oxygen atoms in total. The molecule has 0 radical (unpaired) electrons. The number of halogens is 1. The summed E-state index contributed by atoms with van der Waals surface area (Å²) in [6, 6.07) is 6.98. The van der Waals surface area contributed by atoms with Gasteiger partial charge < -0.3 is 10.1 Å². The van der Waals surface area contributed by atoms with Gasteiger partial charge in [0.2, 0.25) is 0 Å². The summed E-state index contributed by atoms with van der Waals surface area (Å²) in [6.45, 7) is 5.03. The molecule has 0 saturated heterocycles. The summed E-state index contributed by atoms with van der Waals surface area (Å²) >= 11 is 1.63. The van der Waals surface area contributed by atoms with Crippen molar-refractivity contribution in [2.45, 2.75) is 26.3 Å². The molecule has 108 valence electrons. The van der Waals surface area contributed by atoms with Gasteiger partial charge in [0.15, 0.2) is 0 Å². The zero-order chi connectivity index (χ0) is 14.5. The SMILES string of the molecule is CCCNC(c1cc(OC)cs1)c1cc(F)ccc1C. The number of thiophene rings is 1. The molecule has 20 heavy (non-hydrogen) atoms. The van der Waals surface area contributed by atoms with Crippen molar-refractivity contribution in [2.75, 3.05) is 13.7 Å². The van der Waals surface area contributed by atoms with E-state index in [-0.39, 0.29) is 11.9 Å². The fourth-order valence-electron chi connectivity index (χ4n) is 2.17. The Morgan fingerprint density at radius 1 is 1.35 bits per heavy atom. The summed E-state index contributed by atoms with van der Waals surface area (Å²) in [4.78, 5) is 1.14. The van der Waals surface area contributed by atoms with Gasteiger partial charge in [0.05, 0.1) is 13.2 Å². The number of hydrogen-bond donors (Lipinski definition) is 1. The fourth-order valence-corrected chi connectivity index (χ4v) is 3.11. The number of benzene rings is 1. The van der Waals surface area contributed by atoms with Gasteiger partial charge in [-0.3, -0.25) is 0 Å². The van der Waals surface area contributed by atoms with Gasteiger partial charge in [-0.15, -0.1) is 11.3 Å². The lowest BCUT2D eigenvalue weighted by Crippen LogP contribution is -2.23. The standard InChI is InChI=1S/C16H20FNOS/c1-4-7-18-16(15-9-13(19-3)10-20-15)14-8-12(17)6-5-11(14)2/h5-6,8-10,16,18H,4,7H2,1-3H3. The monoisotopic (exact) mass is 293 g/mol. The van der Waals surface area contributed by atoms with Crippen molar-refractivity contribution in [3.05, 3.63) is 51.5 Å². The van der Waals surface area contributed by atoms with Crippen LogP contribution in [0.15, 0.2) is 29.6 Å². The van der Waals surface area contributed by atoms with Crippen LogP contribution in [0.1, 0.15) is 35.4 Å². The highest BCUT2D eigenvalue weighted by Gasteiger charge is 2.18. The van der Waals surface area contributed by atoms with Crippen molar-refractivity contribution in [3.63, 3.8) is 0 Å². The van der Waals surface area contributed by atoms with Crippen LogP contribution in [0.3, 0.4) is 0 Å². The van der Waals surface area contributed by atoms with Crippen molar-refractivity contribution in [2.24, 2.45) is 0 Å². The average molecular weight is 293 g/mol. The Hall–Kier alpha value is -1.39. The molecule has 1 unspecified atom stereocenters. The van der Waals surface area contributed by atoms with E-state index in [9.17, 15) is 4.39 Å². The summed E-state index contributed by atoms with van der Waals surface area (Å²) in [5.74, 6) is 0.653. The number of rotatable bonds is 6. The predicted octanol–water partition coefficient (Wildman–Crippen LogP) is 4.29. The third kappa shape index (κ3) is 3.38. The maximum atomic E-state index is 13.6. The minimum Gasteiger partial charge on any atom is -0.496 e. The van der Waals surface area contributed by atoms with Gasteiger partial charge in [0.25, 0.3) is 0 Å². The molecule has 0 bridgehead atoms. The van der Waals surface area contributed by atoms with Crippen LogP contribution in [0.4, 0.5) is 4.39 Å². The fraction of sp³-hybridized carbons (Fsp3) is 0.375. The first-order chi connectivity index (χ1) is 9.65. The molecule has 1 heterocycles. The molecule has 0 fully saturated rings. The molecule has 1 N–H and O–H groups in total. The lowest BCUT2D eigenvalue weighted by Gasteiger charge is -2.20. The van der Waals surface area contributed by atoms with Gasteiger partial charge in [-0.2, -0.15) is 0 Å². The maximum Gasteiger partial charge on any atom is 0.129 e. The molecule has 0 aliphatic carbocycles. The normalized spacial score (nSPS) is 12.4. The van der Waals surface area contributed by atoms with Crippen LogP contribution in [0.5, 0.6) is 5.75 Å². The molecule has 1 atom stereocenters. The molecular weight excluding hydrogens is 273 g/mol. The largest absolute Gasteiger partial charge is 0.496 e. The van der Waals surface area contributed by atoms with Crippen LogP contribution >= 0.6 is 11.3 Å². The summed E-state index contributed by atoms with van der Waals surface area (Å²) < 4.78 is 18.8. The van der Waals surface area contributed by atoms with Gasteiger partial charge in [0, 0.05) is 10.3 Å². The van der Waals surface area contributed by atoms with E-state index in [0.29, 0.717) is 0 Å². The summed E-state index contributed by atoms with van der Waals surface area (Å²) in [7, 11) is 1.66. The van der Waals surface area contributed by atoms with E-state index in [4.69, 9.17) is 4.74 Å². The Bertz CT molecular complexity index is 567.